The molecule has 3 rings (SSSR count). The second-order valence-corrected chi connectivity index (χ2v) is 11.4. The Morgan fingerprint density at radius 3 is 2.20 bits per heavy atom. The van der Waals surface area contributed by atoms with Gasteiger partial charge in [0.2, 0.25) is 0 Å². The van der Waals surface area contributed by atoms with E-state index in [4.69, 9.17) is 20.0 Å². The molecule has 0 aliphatic heterocycles. The highest BCUT2D eigenvalue weighted by Gasteiger charge is 2.47. The molecule has 7 nitrogen and oxygen atoms in total. The second kappa shape index (κ2) is 13.5. The predicted molar refractivity (Wildman–Crippen MR) is 142 cm³/mol. The Hall–Kier alpha value is -2.41. The third-order valence-electron chi connectivity index (χ3n) is 7.18. The van der Waals surface area contributed by atoms with E-state index in [1.165, 1.54) is 4.68 Å². The molecule has 1 aliphatic rings. The molecule has 1 N–H and O–H groups in total. The molecule has 0 aromatic carbocycles. The van der Waals surface area contributed by atoms with E-state index in [2.05, 4.69) is 22.3 Å². The van der Waals surface area contributed by atoms with Crippen LogP contribution in [0.15, 0.2) is 12.3 Å². The minimum absolute atomic E-state index is 0.0754. The standard InChI is InChI=1S/C26H34ClF5N4O.O2S/c1-6-36-22(20(27)21(35-36)23(37)34-13-16-9-7-15(2)8-10-16)18-14-33-17(11-19(18)25(5,28)29)12-24(3,4)26(30,31)32;1-3-2/h11,14-16H,6-10,12-13H2,1-5H3,(H,34,37);. The maximum absolute atomic E-state index is 14.7. The molecule has 224 valence electrons. The average Bonchev–Trinajstić information content (AvgIpc) is 3.18. The van der Waals surface area contributed by atoms with Gasteiger partial charge in [0, 0.05) is 49.5 Å². The van der Waals surface area contributed by atoms with Crippen molar-refractivity contribution in [1.29, 1.82) is 0 Å². The van der Waals surface area contributed by atoms with Gasteiger partial charge in [0.15, 0.2) is 5.69 Å². The summed E-state index contributed by atoms with van der Waals surface area (Å²) in [5.74, 6) is -2.88. The number of amides is 1. The van der Waals surface area contributed by atoms with Gasteiger partial charge in [-0.05, 0) is 37.7 Å². The number of hydrogen-bond donors (Lipinski definition) is 1. The Morgan fingerprint density at radius 1 is 1.12 bits per heavy atom. The second-order valence-electron chi connectivity index (χ2n) is 10.9. The molecule has 1 fully saturated rings. The van der Waals surface area contributed by atoms with E-state index in [9.17, 15) is 26.7 Å². The molecule has 2 heterocycles. The third kappa shape index (κ3) is 8.31. The molecular weight excluding hydrogens is 579 g/mol. The van der Waals surface area contributed by atoms with Crippen LogP contribution in [0.5, 0.6) is 0 Å². The third-order valence-corrected chi connectivity index (χ3v) is 7.53. The molecule has 0 radical (unpaired) electrons. The SMILES string of the molecule is CCn1nc(C(=O)NCC2CCC(C)CC2)c(Cl)c1-c1cnc(CC(C)(C)C(F)(F)F)cc1C(C)(F)F.O=S=O. The zero-order valence-electron chi connectivity index (χ0n) is 23.0. The van der Waals surface area contributed by atoms with Crippen molar-refractivity contribution in [2.75, 3.05) is 6.54 Å². The number of nitrogens with zero attached hydrogens (tertiary/aromatic N) is 3. The molecule has 14 heteroatoms. The zero-order chi connectivity index (χ0) is 30.5. The summed E-state index contributed by atoms with van der Waals surface area (Å²) < 4.78 is 87.5. The van der Waals surface area contributed by atoms with Crippen LogP contribution in [0, 0.1) is 17.3 Å². The molecule has 2 aromatic heterocycles. The molecule has 0 unspecified atom stereocenters. The largest absolute Gasteiger partial charge is 0.394 e. The molecule has 1 saturated carbocycles. The van der Waals surface area contributed by atoms with Crippen LogP contribution in [-0.2, 0) is 30.5 Å². The van der Waals surface area contributed by atoms with E-state index in [0.717, 1.165) is 51.8 Å². The number of alkyl halides is 5. The summed E-state index contributed by atoms with van der Waals surface area (Å²) in [5, 5.41) is 7.03. The summed E-state index contributed by atoms with van der Waals surface area (Å²) in [6.07, 6.45) is 0.219. The lowest BCUT2D eigenvalue weighted by Crippen LogP contribution is -2.34. The number of aryl methyl sites for hydroxylation is 1. The van der Waals surface area contributed by atoms with Crippen LogP contribution in [-0.4, -0.2) is 41.8 Å². The molecule has 0 atom stereocenters. The topological polar surface area (TPSA) is 93.9 Å². The van der Waals surface area contributed by atoms with Gasteiger partial charge in [-0.3, -0.25) is 14.5 Å². The fourth-order valence-corrected chi connectivity index (χ4v) is 4.95. The first kappa shape index (κ1) is 33.8. The van der Waals surface area contributed by atoms with Gasteiger partial charge in [0.25, 0.3) is 11.8 Å². The highest BCUT2D eigenvalue weighted by atomic mass is 35.5. The number of aromatic nitrogens is 3. The van der Waals surface area contributed by atoms with Crippen molar-refractivity contribution in [2.24, 2.45) is 17.3 Å². The van der Waals surface area contributed by atoms with Gasteiger partial charge in [-0.25, -0.2) is 8.78 Å². The molecule has 0 spiro atoms. The van der Waals surface area contributed by atoms with Crippen molar-refractivity contribution < 1.29 is 35.2 Å². The molecular formula is C26H34ClF5N4O3S. The first-order valence-corrected chi connectivity index (χ1v) is 13.9. The minimum Gasteiger partial charge on any atom is -0.350 e. The number of pyridine rings is 1. The Morgan fingerprint density at radius 2 is 1.70 bits per heavy atom. The Bertz CT molecular complexity index is 1220. The highest BCUT2D eigenvalue weighted by molar-refractivity contribution is 7.51. The number of carbonyl (C=O) groups is 1. The quantitative estimate of drug-likeness (QED) is 0.333. The first-order valence-electron chi connectivity index (χ1n) is 12.9. The van der Waals surface area contributed by atoms with Gasteiger partial charge in [0.1, 0.15) is 0 Å². The van der Waals surface area contributed by atoms with Crippen molar-refractivity contribution in [3.05, 3.63) is 34.2 Å². The summed E-state index contributed by atoms with van der Waals surface area (Å²) in [5.41, 5.74) is -2.91. The van der Waals surface area contributed by atoms with Crippen LogP contribution in [0.3, 0.4) is 0 Å². The van der Waals surface area contributed by atoms with Gasteiger partial charge in [-0.15, -0.1) is 0 Å². The molecule has 1 amide bonds. The lowest BCUT2D eigenvalue weighted by molar-refractivity contribution is -0.211. The summed E-state index contributed by atoms with van der Waals surface area (Å²) in [6.45, 7) is 7.27. The van der Waals surface area contributed by atoms with Crippen LogP contribution in [0.1, 0.15) is 82.0 Å². The highest BCUT2D eigenvalue weighted by Crippen LogP contribution is 2.43. The van der Waals surface area contributed by atoms with Gasteiger partial charge < -0.3 is 5.32 Å². The van der Waals surface area contributed by atoms with Crippen LogP contribution in [0.4, 0.5) is 22.0 Å². The van der Waals surface area contributed by atoms with E-state index in [1.807, 2.05) is 0 Å². The summed E-state index contributed by atoms with van der Waals surface area (Å²) in [6, 6.07) is 0.982. The maximum atomic E-state index is 14.7. The predicted octanol–water partition coefficient (Wildman–Crippen LogP) is 6.75. The molecule has 1 aliphatic carbocycles. The fourth-order valence-electron chi connectivity index (χ4n) is 4.63. The number of carbonyl (C=O) groups excluding carboxylic acids is 1. The van der Waals surface area contributed by atoms with Crippen molar-refractivity contribution in [3.63, 3.8) is 0 Å². The summed E-state index contributed by atoms with van der Waals surface area (Å²) in [4.78, 5) is 17.0. The van der Waals surface area contributed by atoms with E-state index in [0.29, 0.717) is 25.3 Å². The number of nitrogens with one attached hydrogen (secondary N) is 1. The summed E-state index contributed by atoms with van der Waals surface area (Å²) in [7, 11) is 0. The van der Waals surface area contributed by atoms with Crippen molar-refractivity contribution in [2.45, 2.75) is 85.4 Å². The van der Waals surface area contributed by atoms with Gasteiger partial charge >= 0.3 is 17.7 Å². The lowest BCUT2D eigenvalue weighted by atomic mass is 9.83. The Kier molecular flexibility index (Phi) is 11.4. The smallest absolute Gasteiger partial charge is 0.350 e. The van der Waals surface area contributed by atoms with Crippen LogP contribution in [0.2, 0.25) is 5.02 Å². The summed E-state index contributed by atoms with van der Waals surface area (Å²) >= 11 is 5.79. The number of rotatable bonds is 8. The fraction of sp³-hybridized carbons (Fsp3) is 0.654. The van der Waals surface area contributed by atoms with Gasteiger partial charge in [-0.2, -0.15) is 26.7 Å². The first-order chi connectivity index (χ1) is 18.5. The van der Waals surface area contributed by atoms with E-state index in [-0.39, 0.29) is 34.2 Å². The van der Waals surface area contributed by atoms with E-state index >= 15 is 0 Å². The molecule has 0 bridgehead atoms. The van der Waals surface area contributed by atoms with Crippen molar-refractivity contribution in [1.82, 2.24) is 20.1 Å². The van der Waals surface area contributed by atoms with Crippen molar-refractivity contribution >= 4 is 29.1 Å². The molecule has 40 heavy (non-hydrogen) atoms. The van der Waals surface area contributed by atoms with Gasteiger partial charge in [0.05, 0.1) is 16.1 Å². The Labute approximate surface area is 238 Å². The normalized spacial score (nSPS) is 18.1. The van der Waals surface area contributed by atoms with Crippen LogP contribution >= 0.6 is 11.6 Å². The minimum atomic E-state index is -4.54. The van der Waals surface area contributed by atoms with Crippen LogP contribution < -0.4 is 5.32 Å². The average molecular weight is 613 g/mol. The van der Waals surface area contributed by atoms with Crippen LogP contribution in [0.25, 0.3) is 11.3 Å². The molecule has 2 aromatic rings. The Balaban J connectivity index is 0.00000178. The van der Waals surface area contributed by atoms with Crippen molar-refractivity contribution in [3.8, 4) is 11.3 Å². The van der Waals surface area contributed by atoms with E-state index < -0.39 is 47.0 Å². The molecule has 0 saturated heterocycles. The maximum Gasteiger partial charge on any atom is 0.394 e. The monoisotopic (exact) mass is 612 g/mol. The number of hydrogen-bond acceptors (Lipinski definition) is 5. The zero-order valence-corrected chi connectivity index (χ0v) is 24.6. The lowest BCUT2D eigenvalue weighted by Gasteiger charge is -2.28. The van der Waals surface area contributed by atoms with E-state index in [1.54, 1.807) is 6.92 Å². The number of halogens is 6. The van der Waals surface area contributed by atoms with Gasteiger partial charge in [-0.1, -0.05) is 45.2 Å².